The van der Waals surface area contributed by atoms with Gasteiger partial charge in [-0.1, -0.05) is 164 Å². The Bertz CT molecular complexity index is 3110. The lowest BCUT2D eigenvalue weighted by Crippen LogP contribution is -1.91. The molecular formula is C50H30O2. The van der Waals surface area contributed by atoms with E-state index in [-0.39, 0.29) is 0 Å². The van der Waals surface area contributed by atoms with Gasteiger partial charge in [0, 0.05) is 38.4 Å². The van der Waals surface area contributed by atoms with Crippen LogP contribution in [0.1, 0.15) is 0 Å². The Hall–Kier alpha value is -6.90. The monoisotopic (exact) mass is 662 g/mol. The molecule has 0 saturated carbocycles. The summed E-state index contributed by atoms with van der Waals surface area (Å²) in [6.45, 7) is 0. The number of rotatable bonds is 4. The molecule has 52 heavy (non-hydrogen) atoms. The molecule has 0 radical (unpaired) electrons. The number of hydrogen-bond acceptors (Lipinski definition) is 2. The van der Waals surface area contributed by atoms with Crippen LogP contribution in [0.15, 0.2) is 191 Å². The fraction of sp³-hybridized carbons (Fsp3) is 0. The predicted octanol–water partition coefficient (Wildman–Crippen LogP) is 14.5. The second-order valence-electron chi connectivity index (χ2n) is 13.5. The van der Waals surface area contributed by atoms with E-state index < -0.39 is 0 Å². The maximum atomic E-state index is 6.97. The van der Waals surface area contributed by atoms with Crippen molar-refractivity contribution >= 4 is 65.2 Å². The molecule has 0 amide bonds. The molecule has 2 heteroatoms. The molecule has 0 aliphatic heterocycles. The SMILES string of the molecule is c1ccc(-c2oc3ccc4oc5c(-c6c7ccccc7c(-c7ccc8ccccc8c7)c7ccccc67)cccc5c4c3c2-c2ccccc2)cc1. The summed E-state index contributed by atoms with van der Waals surface area (Å²) in [5.74, 6) is 0.862. The van der Waals surface area contributed by atoms with Gasteiger partial charge in [-0.05, 0) is 67.2 Å². The van der Waals surface area contributed by atoms with Crippen molar-refractivity contribution in [2.75, 3.05) is 0 Å². The molecule has 2 aromatic heterocycles. The van der Waals surface area contributed by atoms with Crippen LogP contribution in [-0.2, 0) is 0 Å². The summed E-state index contributed by atoms with van der Waals surface area (Å²) in [6, 6.07) is 64.7. The highest BCUT2D eigenvalue weighted by Crippen LogP contribution is 2.50. The normalized spacial score (nSPS) is 11.8. The molecule has 0 bridgehead atoms. The Labute approximate surface area is 299 Å². The number of benzene rings is 9. The molecule has 0 spiro atoms. The first-order valence-electron chi connectivity index (χ1n) is 17.8. The Morgan fingerprint density at radius 2 is 0.865 bits per heavy atom. The quantitative estimate of drug-likeness (QED) is 0.175. The molecule has 0 aliphatic rings. The van der Waals surface area contributed by atoms with Gasteiger partial charge in [-0.2, -0.15) is 0 Å². The number of hydrogen-bond donors (Lipinski definition) is 0. The average molecular weight is 663 g/mol. The Kier molecular flexibility index (Phi) is 6.28. The van der Waals surface area contributed by atoms with Crippen molar-refractivity contribution in [2.45, 2.75) is 0 Å². The lowest BCUT2D eigenvalue weighted by molar-refractivity contribution is 0.632. The zero-order chi connectivity index (χ0) is 34.2. The van der Waals surface area contributed by atoms with E-state index in [0.29, 0.717) is 0 Å². The highest BCUT2D eigenvalue weighted by molar-refractivity contribution is 6.28. The average Bonchev–Trinajstić information content (AvgIpc) is 3.79. The lowest BCUT2D eigenvalue weighted by atomic mass is 9.85. The zero-order valence-corrected chi connectivity index (χ0v) is 28.1. The number of para-hydroxylation sites is 1. The molecule has 11 rings (SSSR count). The fourth-order valence-electron chi connectivity index (χ4n) is 8.42. The van der Waals surface area contributed by atoms with Gasteiger partial charge in [-0.25, -0.2) is 0 Å². The van der Waals surface area contributed by atoms with Crippen LogP contribution in [0.25, 0.3) is 110 Å². The van der Waals surface area contributed by atoms with E-state index in [9.17, 15) is 0 Å². The standard InChI is InChI=1S/C50H30O2/c1-3-15-32(16-4-1)45-48-43(51-49(45)33-17-5-2-6-18-33)29-28-42-47(48)41-25-13-24-40(50(41)52-42)46-38-22-11-9-20-36(38)44(37-21-10-12-23-39(37)46)35-27-26-31-14-7-8-19-34(31)30-35/h1-30H. The second kappa shape index (κ2) is 11.3. The zero-order valence-electron chi connectivity index (χ0n) is 28.1. The predicted molar refractivity (Wildman–Crippen MR) is 218 cm³/mol. The van der Waals surface area contributed by atoms with E-state index in [4.69, 9.17) is 8.83 Å². The fourth-order valence-corrected chi connectivity index (χ4v) is 8.42. The van der Waals surface area contributed by atoms with Crippen molar-refractivity contribution < 1.29 is 8.83 Å². The summed E-state index contributed by atoms with van der Waals surface area (Å²) >= 11 is 0. The third-order valence-electron chi connectivity index (χ3n) is 10.7. The minimum absolute atomic E-state index is 0.842. The van der Waals surface area contributed by atoms with E-state index in [1.54, 1.807) is 0 Å². The van der Waals surface area contributed by atoms with Crippen LogP contribution in [-0.4, -0.2) is 0 Å². The summed E-state index contributed by atoms with van der Waals surface area (Å²) < 4.78 is 13.7. The molecule has 0 fully saturated rings. The Morgan fingerprint density at radius 3 is 1.56 bits per heavy atom. The smallest absolute Gasteiger partial charge is 0.143 e. The molecule has 2 heterocycles. The molecule has 242 valence electrons. The van der Waals surface area contributed by atoms with E-state index in [1.807, 2.05) is 6.07 Å². The van der Waals surface area contributed by atoms with Gasteiger partial charge >= 0.3 is 0 Å². The molecule has 0 saturated heterocycles. The van der Waals surface area contributed by atoms with Crippen LogP contribution in [0.5, 0.6) is 0 Å². The Morgan fingerprint density at radius 1 is 0.308 bits per heavy atom. The minimum Gasteiger partial charge on any atom is -0.455 e. The number of fused-ring (bicyclic) bond motifs is 8. The summed E-state index contributed by atoms with van der Waals surface area (Å²) in [5.41, 5.74) is 10.5. The van der Waals surface area contributed by atoms with Crippen LogP contribution >= 0.6 is 0 Å². The molecule has 0 unspecified atom stereocenters. The van der Waals surface area contributed by atoms with Crippen molar-refractivity contribution in [2.24, 2.45) is 0 Å². The maximum absolute atomic E-state index is 6.97. The van der Waals surface area contributed by atoms with Gasteiger partial charge < -0.3 is 8.83 Å². The van der Waals surface area contributed by atoms with Crippen LogP contribution < -0.4 is 0 Å². The van der Waals surface area contributed by atoms with Gasteiger partial charge in [0.15, 0.2) is 0 Å². The molecule has 0 N–H and O–H groups in total. The van der Waals surface area contributed by atoms with Gasteiger partial charge in [0.05, 0.1) is 0 Å². The molecule has 11 aromatic rings. The van der Waals surface area contributed by atoms with Gasteiger partial charge in [0.2, 0.25) is 0 Å². The van der Waals surface area contributed by atoms with Crippen molar-refractivity contribution in [1.29, 1.82) is 0 Å². The maximum Gasteiger partial charge on any atom is 0.143 e. The lowest BCUT2D eigenvalue weighted by Gasteiger charge is -2.18. The summed E-state index contributed by atoms with van der Waals surface area (Å²) in [4.78, 5) is 0. The molecule has 9 aromatic carbocycles. The molecule has 2 nitrogen and oxygen atoms in total. The highest BCUT2D eigenvalue weighted by atomic mass is 16.3. The third kappa shape index (κ3) is 4.25. The summed E-state index contributed by atoms with van der Waals surface area (Å²) in [7, 11) is 0. The second-order valence-corrected chi connectivity index (χ2v) is 13.5. The van der Waals surface area contributed by atoms with Crippen molar-refractivity contribution in [3.8, 4) is 44.7 Å². The molecular weight excluding hydrogens is 633 g/mol. The molecule has 0 atom stereocenters. The first-order valence-corrected chi connectivity index (χ1v) is 17.8. The van der Waals surface area contributed by atoms with E-state index in [1.165, 1.54) is 49.0 Å². The largest absolute Gasteiger partial charge is 0.455 e. The van der Waals surface area contributed by atoms with Crippen LogP contribution in [0.2, 0.25) is 0 Å². The molecule has 0 aliphatic carbocycles. The topological polar surface area (TPSA) is 26.3 Å². The minimum atomic E-state index is 0.842. The number of furan rings is 2. The van der Waals surface area contributed by atoms with Crippen LogP contribution in [0.4, 0.5) is 0 Å². The van der Waals surface area contributed by atoms with Crippen molar-refractivity contribution in [1.82, 2.24) is 0 Å². The van der Waals surface area contributed by atoms with E-state index >= 15 is 0 Å². The van der Waals surface area contributed by atoms with Gasteiger partial charge in [0.25, 0.3) is 0 Å². The summed E-state index contributed by atoms with van der Waals surface area (Å²) in [5, 5.41) is 10.5. The van der Waals surface area contributed by atoms with Crippen LogP contribution in [0.3, 0.4) is 0 Å². The van der Waals surface area contributed by atoms with E-state index in [0.717, 1.165) is 60.9 Å². The van der Waals surface area contributed by atoms with Gasteiger partial charge in [0.1, 0.15) is 22.5 Å². The van der Waals surface area contributed by atoms with Crippen molar-refractivity contribution in [3.63, 3.8) is 0 Å². The highest BCUT2D eigenvalue weighted by Gasteiger charge is 2.25. The van der Waals surface area contributed by atoms with Crippen LogP contribution in [0, 0.1) is 0 Å². The first-order chi connectivity index (χ1) is 25.8. The van der Waals surface area contributed by atoms with E-state index in [2.05, 4.69) is 176 Å². The Balaban J connectivity index is 1.23. The van der Waals surface area contributed by atoms with Gasteiger partial charge in [-0.3, -0.25) is 0 Å². The third-order valence-corrected chi connectivity index (χ3v) is 10.7. The van der Waals surface area contributed by atoms with Crippen molar-refractivity contribution in [3.05, 3.63) is 182 Å². The summed E-state index contributed by atoms with van der Waals surface area (Å²) in [6.07, 6.45) is 0. The first kappa shape index (κ1) is 28.9. The van der Waals surface area contributed by atoms with Gasteiger partial charge in [-0.15, -0.1) is 0 Å².